The van der Waals surface area contributed by atoms with Gasteiger partial charge in [-0.3, -0.25) is 3.11 Å². The van der Waals surface area contributed by atoms with Gasteiger partial charge in [-0.1, -0.05) is 48.6 Å². The molecule has 0 amide bonds. The fourth-order valence-corrected chi connectivity index (χ4v) is 2.80. The largest absolute Gasteiger partial charge is 0.282 e. The fourth-order valence-electron chi connectivity index (χ4n) is 1.92. The molecule has 2 aromatic carbocycles. The van der Waals surface area contributed by atoms with Crippen LogP contribution in [-0.4, -0.2) is 0 Å². The van der Waals surface area contributed by atoms with Gasteiger partial charge in [0.25, 0.3) is 0 Å². The van der Waals surface area contributed by atoms with Crippen LogP contribution in [0.25, 0.3) is 12.2 Å². The van der Waals surface area contributed by atoms with E-state index < -0.39 is 0 Å². The molecule has 0 atom stereocenters. The van der Waals surface area contributed by atoms with Crippen LogP contribution in [0.2, 0.25) is 0 Å². The van der Waals surface area contributed by atoms with Crippen molar-refractivity contribution < 1.29 is 0 Å². The monoisotopic (exact) mass is 319 g/mol. The maximum absolute atomic E-state index is 2.36. The van der Waals surface area contributed by atoms with Gasteiger partial charge >= 0.3 is 0 Å². The van der Waals surface area contributed by atoms with Gasteiger partial charge in [-0.15, -0.1) is 0 Å². The van der Waals surface area contributed by atoms with Gasteiger partial charge in [0, 0.05) is 0 Å². The Morgan fingerprint density at radius 1 is 0.688 bits per heavy atom. The van der Waals surface area contributed by atoms with Crippen molar-refractivity contribution in [3.8, 4) is 0 Å². The molecule has 1 aliphatic heterocycles. The zero-order chi connectivity index (χ0) is 11.0. The van der Waals surface area contributed by atoms with Crippen LogP contribution in [0.3, 0.4) is 0 Å². The predicted octanol–water partition coefficient (Wildman–Crippen LogP) is 4.66. The van der Waals surface area contributed by atoms with Gasteiger partial charge in [0.05, 0.1) is 34.2 Å². The van der Waals surface area contributed by atoms with E-state index in [9.17, 15) is 0 Å². The van der Waals surface area contributed by atoms with Crippen molar-refractivity contribution in [1.29, 1.82) is 0 Å². The van der Waals surface area contributed by atoms with Gasteiger partial charge in [-0.2, -0.15) is 0 Å². The molecule has 0 saturated carbocycles. The van der Waals surface area contributed by atoms with Crippen LogP contribution in [0, 0.1) is 0 Å². The van der Waals surface area contributed by atoms with Crippen molar-refractivity contribution in [1.82, 2.24) is 0 Å². The van der Waals surface area contributed by atoms with Crippen molar-refractivity contribution >= 4 is 46.4 Å². The standard InChI is InChI=1S/C14H10IN/c15-16-13-7-3-1-5-11(13)9-10-12-6-2-4-8-14(12)16/h1-10H. The number of benzene rings is 2. The molecule has 0 aromatic heterocycles. The number of nitrogens with zero attached hydrogens (tertiary/aromatic N) is 1. The molecule has 16 heavy (non-hydrogen) atoms. The Morgan fingerprint density at radius 3 is 1.62 bits per heavy atom. The average Bonchev–Trinajstić information content (AvgIpc) is 2.49. The second-order valence-electron chi connectivity index (χ2n) is 3.73. The summed E-state index contributed by atoms with van der Waals surface area (Å²) in [5, 5.41) is 0. The van der Waals surface area contributed by atoms with Crippen molar-refractivity contribution in [2.75, 3.05) is 3.11 Å². The highest BCUT2D eigenvalue weighted by atomic mass is 127. The molecule has 0 aliphatic carbocycles. The lowest BCUT2D eigenvalue weighted by molar-refractivity contribution is 1.46. The molecule has 0 bridgehead atoms. The van der Waals surface area contributed by atoms with Crippen molar-refractivity contribution in [3.05, 3.63) is 59.7 Å². The second-order valence-corrected chi connectivity index (χ2v) is 4.70. The molecule has 2 heteroatoms. The molecule has 1 nitrogen and oxygen atoms in total. The third-order valence-corrected chi connectivity index (χ3v) is 3.78. The molecule has 2 aromatic rings. The summed E-state index contributed by atoms with van der Waals surface area (Å²) in [4.78, 5) is 0. The summed E-state index contributed by atoms with van der Waals surface area (Å²) >= 11 is 2.36. The van der Waals surface area contributed by atoms with E-state index >= 15 is 0 Å². The molecule has 1 heterocycles. The topological polar surface area (TPSA) is 3.24 Å². The molecular weight excluding hydrogens is 309 g/mol. The minimum absolute atomic E-state index is 1.24. The lowest BCUT2D eigenvalue weighted by Crippen LogP contribution is -2.02. The van der Waals surface area contributed by atoms with E-state index in [0.29, 0.717) is 0 Å². The summed E-state index contributed by atoms with van der Waals surface area (Å²) in [6.07, 6.45) is 4.35. The zero-order valence-electron chi connectivity index (χ0n) is 8.60. The van der Waals surface area contributed by atoms with Crippen LogP contribution in [0.15, 0.2) is 48.5 Å². The Kier molecular flexibility index (Phi) is 2.44. The van der Waals surface area contributed by atoms with Crippen molar-refractivity contribution in [3.63, 3.8) is 0 Å². The first-order chi connectivity index (χ1) is 7.86. The molecule has 0 unspecified atom stereocenters. The predicted molar refractivity (Wildman–Crippen MR) is 78.0 cm³/mol. The van der Waals surface area contributed by atoms with Crippen LogP contribution in [-0.2, 0) is 0 Å². The summed E-state index contributed by atoms with van der Waals surface area (Å²) in [5.74, 6) is 0. The molecule has 78 valence electrons. The fraction of sp³-hybridized carbons (Fsp3) is 0. The second kappa shape index (κ2) is 3.94. The maximum atomic E-state index is 2.36. The first-order valence-corrected chi connectivity index (χ1v) is 6.15. The van der Waals surface area contributed by atoms with Gasteiger partial charge in [-0.05, 0) is 23.3 Å². The maximum Gasteiger partial charge on any atom is 0.0646 e. The van der Waals surface area contributed by atoms with Gasteiger partial charge in [0.2, 0.25) is 0 Å². The molecule has 0 spiro atoms. The molecule has 0 saturated heterocycles. The van der Waals surface area contributed by atoms with E-state index in [1.807, 2.05) is 0 Å². The van der Waals surface area contributed by atoms with E-state index in [4.69, 9.17) is 0 Å². The van der Waals surface area contributed by atoms with Gasteiger partial charge in [-0.25, -0.2) is 0 Å². The Hall–Kier alpha value is -1.29. The summed E-state index contributed by atoms with van der Waals surface area (Å²) in [6.45, 7) is 0. The highest BCUT2D eigenvalue weighted by Crippen LogP contribution is 2.38. The summed E-state index contributed by atoms with van der Waals surface area (Å²) in [5.41, 5.74) is 5.00. The number of hydrogen-bond donors (Lipinski definition) is 0. The van der Waals surface area contributed by atoms with Gasteiger partial charge < -0.3 is 0 Å². The summed E-state index contributed by atoms with van der Waals surface area (Å²) in [7, 11) is 0. The van der Waals surface area contributed by atoms with Crippen molar-refractivity contribution in [2.24, 2.45) is 0 Å². The highest BCUT2D eigenvalue weighted by Gasteiger charge is 2.14. The van der Waals surface area contributed by atoms with Gasteiger partial charge in [0.1, 0.15) is 0 Å². The molecule has 0 N–H and O–H groups in total. The van der Waals surface area contributed by atoms with Crippen LogP contribution >= 0.6 is 22.9 Å². The number of anilines is 2. The Labute approximate surface area is 109 Å². The third kappa shape index (κ3) is 1.53. The smallest absolute Gasteiger partial charge is 0.0646 e. The Morgan fingerprint density at radius 2 is 1.12 bits per heavy atom. The van der Waals surface area contributed by atoms with E-state index in [1.165, 1.54) is 22.5 Å². The Balaban J connectivity index is 2.26. The highest BCUT2D eigenvalue weighted by molar-refractivity contribution is 14.1. The molecule has 0 fully saturated rings. The number of hydrogen-bond acceptors (Lipinski definition) is 1. The van der Waals surface area contributed by atoms with Crippen LogP contribution in [0.1, 0.15) is 11.1 Å². The minimum atomic E-state index is 1.24. The zero-order valence-corrected chi connectivity index (χ0v) is 10.8. The Bertz CT molecular complexity index is 511. The van der Waals surface area contributed by atoms with E-state index in [0.717, 1.165) is 0 Å². The lowest BCUT2D eigenvalue weighted by Gasteiger charge is -2.18. The summed E-state index contributed by atoms with van der Waals surface area (Å²) in [6, 6.07) is 16.9. The summed E-state index contributed by atoms with van der Waals surface area (Å²) < 4.78 is 2.21. The van der Waals surface area contributed by atoms with Crippen molar-refractivity contribution in [2.45, 2.75) is 0 Å². The average molecular weight is 319 g/mol. The number of rotatable bonds is 0. The number of halogens is 1. The number of para-hydroxylation sites is 2. The lowest BCUT2D eigenvalue weighted by atomic mass is 10.1. The van der Waals surface area contributed by atoms with Crippen LogP contribution in [0.5, 0.6) is 0 Å². The van der Waals surface area contributed by atoms with Gasteiger partial charge in [0.15, 0.2) is 0 Å². The van der Waals surface area contributed by atoms with E-state index in [1.54, 1.807) is 0 Å². The SMILES string of the molecule is IN1c2ccccc2C=Cc2ccccc21. The molecule has 3 rings (SSSR count). The normalized spacial score (nSPS) is 12.9. The minimum Gasteiger partial charge on any atom is -0.282 e. The molecule has 1 aliphatic rings. The van der Waals surface area contributed by atoms with Crippen LogP contribution < -0.4 is 3.11 Å². The van der Waals surface area contributed by atoms with E-state index in [-0.39, 0.29) is 0 Å². The van der Waals surface area contributed by atoms with Crippen LogP contribution in [0.4, 0.5) is 11.4 Å². The first-order valence-electron chi connectivity index (χ1n) is 5.18. The quantitative estimate of drug-likeness (QED) is 0.504. The molecular formula is C14H10IN. The molecule has 0 radical (unpaired) electrons. The first kappa shape index (κ1) is 9.90. The number of fused-ring (bicyclic) bond motifs is 2. The van der Waals surface area contributed by atoms with E-state index in [2.05, 4.69) is 86.7 Å². The third-order valence-electron chi connectivity index (χ3n) is 2.74.